The van der Waals surface area contributed by atoms with E-state index in [1.807, 2.05) is 13.0 Å². The summed E-state index contributed by atoms with van der Waals surface area (Å²) in [6.45, 7) is 3.48. The van der Waals surface area contributed by atoms with Crippen LogP contribution in [-0.4, -0.2) is 24.6 Å². The van der Waals surface area contributed by atoms with Crippen LogP contribution in [0.4, 0.5) is 0 Å². The molecule has 15 heavy (non-hydrogen) atoms. The molecule has 0 spiro atoms. The average Bonchev–Trinajstić information content (AvgIpc) is 2.56. The van der Waals surface area contributed by atoms with E-state index in [0.717, 1.165) is 9.09 Å². The Morgan fingerprint density at radius 1 is 1.53 bits per heavy atom. The first-order valence-electron chi connectivity index (χ1n) is 4.35. The highest BCUT2D eigenvalue weighted by atomic mass is 32.2. The predicted molar refractivity (Wildman–Crippen MR) is 61.8 cm³/mol. The van der Waals surface area contributed by atoms with Crippen LogP contribution >= 0.6 is 23.1 Å². The molecule has 0 saturated carbocycles. The largest absolute Gasteiger partial charge is 0.468 e. The van der Waals surface area contributed by atoms with Gasteiger partial charge in [0.05, 0.1) is 17.1 Å². The maximum atomic E-state index is 11.3. The van der Waals surface area contributed by atoms with Gasteiger partial charge in [0.1, 0.15) is 0 Å². The fraction of sp³-hybridized carbons (Fsp3) is 0.400. The lowest BCUT2D eigenvalue weighted by atomic mass is 10.2. The van der Waals surface area contributed by atoms with E-state index in [0.29, 0.717) is 5.56 Å². The number of aryl methyl sites for hydroxylation is 1. The second-order valence-electron chi connectivity index (χ2n) is 2.98. The van der Waals surface area contributed by atoms with Crippen LogP contribution in [0.3, 0.4) is 0 Å². The van der Waals surface area contributed by atoms with E-state index in [2.05, 4.69) is 4.74 Å². The molecule has 0 saturated heterocycles. The van der Waals surface area contributed by atoms with Gasteiger partial charge in [0, 0.05) is 10.4 Å². The van der Waals surface area contributed by atoms with Crippen molar-refractivity contribution in [2.24, 2.45) is 0 Å². The van der Waals surface area contributed by atoms with Crippen LogP contribution in [-0.2, 0) is 9.53 Å². The summed E-state index contributed by atoms with van der Waals surface area (Å²) in [7, 11) is 1.36. The fourth-order valence-corrected chi connectivity index (χ4v) is 3.34. The summed E-state index contributed by atoms with van der Waals surface area (Å²) in [6.07, 6.45) is 0. The van der Waals surface area contributed by atoms with Crippen molar-refractivity contribution in [2.45, 2.75) is 18.1 Å². The minimum Gasteiger partial charge on any atom is -0.468 e. The van der Waals surface area contributed by atoms with E-state index in [1.165, 1.54) is 37.1 Å². The molecule has 1 aromatic heterocycles. The van der Waals surface area contributed by atoms with Crippen molar-refractivity contribution in [1.29, 1.82) is 0 Å². The topological polar surface area (TPSA) is 43.4 Å². The van der Waals surface area contributed by atoms with Crippen LogP contribution in [0.1, 0.15) is 22.2 Å². The molecular formula is C10H12O3S2. The molecule has 0 unspecified atom stereocenters. The first kappa shape index (κ1) is 12.3. The first-order valence-corrected chi connectivity index (χ1v) is 6.15. The SMILES string of the molecule is COC(=O)CSc1sc(C)cc1C(C)=O. The summed E-state index contributed by atoms with van der Waals surface area (Å²) >= 11 is 2.88. The number of Topliss-reactive ketones (excluding diaryl/α,β-unsaturated/α-hetero) is 1. The van der Waals surface area contributed by atoms with Gasteiger partial charge in [-0.25, -0.2) is 0 Å². The molecule has 0 N–H and O–H groups in total. The van der Waals surface area contributed by atoms with Crippen molar-refractivity contribution in [2.75, 3.05) is 12.9 Å². The fourth-order valence-electron chi connectivity index (χ4n) is 1.03. The van der Waals surface area contributed by atoms with Crippen LogP contribution in [0.5, 0.6) is 0 Å². The van der Waals surface area contributed by atoms with Crippen LogP contribution < -0.4 is 0 Å². The van der Waals surface area contributed by atoms with Gasteiger partial charge in [0.15, 0.2) is 5.78 Å². The second kappa shape index (κ2) is 5.32. The van der Waals surface area contributed by atoms with Gasteiger partial charge in [-0.3, -0.25) is 9.59 Å². The molecule has 0 amide bonds. The van der Waals surface area contributed by atoms with Crippen LogP contribution in [0.2, 0.25) is 0 Å². The Balaban J connectivity index is 2.75. The van der Waals surface area contributed by atoms with E-state index in [1.54, 1.807) is 0 Å². The molecule has 3 nitrogen and oxygen atoms in total. The van der Waals surface area contributed by atoms with Gasteiger partial charge < -0.3 is 4.74 Å². The number of thiophene rings is 1. The predicted octanol–water partition coefficient (Wildman–Crippen LogP) is 2.52. The van der Waals surface area contributed by atoms with Crippen LogP contribution in [0, 0.1) is 6.92 Å². The smallest absolute Gasteiger partial charge is 0.316 e. The number of hydrogen-bond donors (Lipinski definition) is 0. The van der Waals surface area contributed by atoms with Gasteiger partial charge >= 0.3 is 5.97 Å². The van der Waals surface area contributed by atoms with Crippen molar-refractivity contribution in [3.8, 4) is 0 Å². The molecule has 1 aromatic rings. The maximum absolute atomic E-state index is 11.3. The number of thioether (sulfide) groups is 1. The molecule has 0 aliphatic carbocycles. The lowest BCUT2D eigenvalue weighted by molar-refractivity contribution is -0.137. The van der Waals surface area contributed by atoms with Crippen LogP contribution in [0.25, 0.3) is 0 Å². The standard InChI is InChI=1S/C10H12O3S2/c1-6-4-8(7(2)11)10(15-6)14-5-9(12)13-3/h4H,5H2,1-3H3. The Hall–Kier alpha value is -0.810. The zero-order chi connectivity index (χ0) is 11.4. The highest BCUT2D eigenvalue weighted by molar-refractivity contribution is 8.01. The molecule has 0 atom stereocenters. The Labute approximate surface area is 96.8 Å². The van der Waals surface area contributed by atoms with E-state index in [4.69, 9.17) is 0 Å². The Morgan fingerprint density at radius 3 is 2.73 bits per heavy atom. The number of ether oxygens (including phenoxy) is 1. The third kappa shape index (κ3) is 3.35. The highest BCUT2D eigenvalue weighted by Gasteiger charge is 2.13. The van der Waals surface area contributed by atoms with Gasteiger partial charge in [-0.15, -0.1) is 23.1 Å². The molecule has 0 aliphatic rings. The summed E-state index contributed by atoms with van der Waals surface area (Å²) in [5.41, 5.74) is 0.700. The summed E-state index contributed by atoms with van der Waals surface area (Å²) in [5, 5.41) is 0. The number of rotatable bonds is 4. The molecule has 0 aromatic carbocycles. The lowest BCUT2D eigenvalue weighted by Gasteiger charge is -1.99. The van der Waals surface area contributed by atoms with E-state index in [9.17, 15) is 9.59 Å². The number of carbonyl (C=O) groups is 2. The van der Waals surface area contributed by atoms with Gasteiger partial charge in [0.25, 0.3) is 0 Å². The normalized spacial score (nSPS) is 10.1. The van der Waals surface area contributed by atoms with Crippen molar-refractivity contribution in [3.05, 3.63) is 16.5 Å². The molecule has 0 fully saturated rings. The maximum Gasteiger partial charge on any atom is 0.316 e. The molecule has 5 heteroatoms. The molecule has 1 rings (SSSR count). The Bertz CT molecular complexity index is 382. The first-order chi connectivity index (χ1) is 7.04. The number of ketones is 1. The van der Waals surface area contributed by atoms with Gasteiger partial charge in [-0.1, -0.05) is 0 Å². The van der Waals surface area contributed by atoms with Gasteiger partial charge in [-0.05, 0) is 19.9 Å². The summed E-state index contributed by atoms with van der Waals surface area (Å²) in [5.74, 6) is 0.00349. The Morgan fingerprint density at radius 2 is 2.20 bits per heavy atom. The van der Waals surface area contributed by atoms with Crippen molar-refractivity contribution in [3.63, 3.8) is 0 Å². The monoisotopic (exact) mass is 244 g/mol. The summed E-state index contributed by atoms with van der Waals surface area (Å²) < 4.78 is 5.43. The molecule has 0 radical (unpaired) electrons. The van der Waals surface area contributed by atoms with Crippen molar-refractivity contribution < 1.29 is 14.3 Å². The number of esters is 1. The minimum absolute atomic E-state index is 0.0340. The third-order valence-electron chi connectivity index (χ3n) is 1.75. The minimum atomic E-state index is -0.277. The van der Waals surface area contributed by atoms with Gasteiger partial charge in [-0.2, -0.15) is 0 Å². The lowest BCUT2D eigenvalue weighted by Crippen LogP contribution is -2.03. The number of hydrogen-bond acceptors (Lipinski definition) is 5. The Kier molecular flexibility index (Phi) is 4.35. The highest BCUT2D eigenvalue weighted by Crippen LogP contribution is 2.32. The molecular weight excluding hydrogens is 232 g/mol. The number of methoxy groups -OCH3 is 1. The van der Waals surface area contributed by atoms with Gasteiger partial charge in [0.2, 0.25) is 0 Å². The second-order valence-corrected chi connectivity index (χ2v) is 5.48. The molecule has 82 valence electrons. The zero-order valence-corrected chi connectivity index (χ0v) is 10.5. The quantitative estimate of drug-likeness (QED) is 0.464. The average molecular weight is 244 g/mol. The third-order valence-corrected chi connectivity index (χ3v) is 4.06. The summed E-state index contributed by atoms with van der Waals surface area (Å²) in [6, 6.07) is 1.85. The van der Waals surface area contributed by atoms with Crippen molar-refractivity contribution in [1.82, 2.24) is 0 Å². The molecule has 1 heterocycles. The van der Waals surface area contributed by atoms with Crippen molar-refractivity contribution >= 4 is 34.9 Å². The molecule has 0 aliphatic heterocycles. The van der Waals surface area contributed by atoms with E-state index in [-0.39, 0.29) is 17.5 Å². The molecule has 0 bridgehead atoms. The number of carbonyl (C=O) groups excluding carboxylic acids is 2. The van der Waals surface area contributed by atoms with Crippen LogP contribution in [0.15, 0.2) is 10.3 Å². The summed E-state index contributed by atoms with van der Waals surface area (Å²) in [4.78, 5) is 23.3. The van der Waals surface area contributed by atoms with E-state index >= 15 is 0 Å². The zero-order valence-electron chi connectivity index (χ0n) is 8.83. The van der Waals surface area contributed by atoms with E-state index < -0.39 is 0 Å².